The van der Waals surface area contributed by atoms with Gasteiger partial charge in [0.05, 0.1) is 7.11 Å². The van der Waals surface area contributed by atoms with Crippen LogP contribution >= 0.6 is 0 Å². The van der Waals surface area contributed by atoms with E-state index in [0.717, 1.165) is 12.8 Å². The number of esters is 1. The molecule has 2 rings (SSSR count). The van der Waals surface area contributed by atoms with Crippen LogP contribution in [-0.4, -0.2) is 23.8 Å². The molecule has 0 aliphatic heterocycles. The fourth-order valence-electron chi connectivity index (χ4n) is 1.35. The first-order chi connectivity index (χ1) is 7.22. The zero-order chi connectivity index (χ0) is 10.8. The van der Waals surface area contributed by atoms with Gasteiger partial charge in [-0.3, -0.25) is 4.79 Å². The Bertz CT molecular complexity index is 393. The van der Waals surface area contributed by atoms with Crippen LogP contribution in [-0.2, 0) is 4.74 Å². The number of nitrogens with zero attached hydrogens (tertiary/aromatic N) is 1. The Hall–Kier alpha value is -1.71. The number of pyridine rings is 1. The molecular weight excluding hydrogens is 194 g/mol. The SMILES string of the molecule is COC(=O)c1ccc(C(=O)C2CC2)cn1. The van der Waals surface area contributed by atoms with Crippen molar-refractivity contribution in [2.75, 3.05) is 7.11 Å². The molecule has 0 aromatic carbocycles. The molecular formula is C11H11NO3. The molecule has 1 saturated carbocycles. The van der Waals surface area contributed by atoms with Gasteiger partial charge in [0.25, 0.3) is 0 Å². The molecule has 1 fully saturated rings. The van der Waals surface area contributed by atoms with Crippen molar-refractivity contribution in [1.29, 1.82) is 0 Å². The summed E-state index contributed by atoms with van der Waals surface area (Å²) in [5, 5.41) is 0. The third kappa shape index (κ3) is 2.03. The summed E-state index contributed by atoms with van der Waals surface area (Å²) >= 11 is 0. The number of Topliss-reactive ketones (excluding diaryl/α,β-unsaturated/α-hetero) is 1. The van der Waals surface area contributed by atoms with Gasteiger partial charge < -0.3 is 4.74 Å². The molecule has 1 aliphatic carbocycles. The molecule has 1 aliphatic rings. The largest absolute Gasteiger partial charge is 0.464 e. The monoisotopic (exact) mass is 205 g/mol. The van der Waals surface area contributed by atoms with Crippen LogP contribution in [0.2, 0.25) is 0 Å². The summed E-state index contributed by atoms with van der Waals surface area (Å²) in [5.41, 5.74) is 0.801. The molecule has 1 aromatic heterocycles. The summed E-state index contributed by atoms with van der Waals surface area (Å²) in [6.07, 6.45) is 3.38. The van der Waals surface area contributed by atoms with Gasteiger partial charge in [-0.15, -0.1) is 0 Å². The van der Waals surface area contributed by atoms with Crippen molar-refractivity contribution in [3.05, 3.63) is 29.6 Å². The third-order valence-electron chi connectivity index (χ3n) is 2.39. The summed E-state index contributed by atoms with van der Waals surface area (Å²) in [7, 11) is 1.30. The van der Waals surface area contributed by atoms with E-state index in [1.807, 2.05) is 0 Å². The second kappa shape index (κ2) is 3.81. The van der Waals surface area contributed by atoms with Gasteiger partial charge in [0, 0.05) is 17.7 Å². The first-order valence-electron chi connectivity index (χ1n) is 4.81. The first kappa shape index (κ1) is 9.83. The second-order valence-electron chi connectivity index (χ2n) is 3.56. The predicted octanol–water partition coefficient (Wildman–Crippen LogP) is 1.46. The van der Waals surface area contributed by atoms with Crippen LogP contribution in [0.15, 0.2) is 18.3 Å². The molecule has 0 unspecified atom stereocenters. The van der Waals surface area contributed by atoms with Crippen molar-refractivity contribution in [3.8, 4) is 0 Å². The Labute approximate surface area is 87.3 Å². The number of hydrogen-bond donors (Lipinski definition) is 0. The number of hydrogen-bond acceptors (Lipinski definition) is 4. The maximum atomic E-state index is 11.6. The summed E-state index contributed by atoms with van der Waals surface area (Å²) < 4.78 is 4.51. The van der Waals surface area contributed by atoms with Crippen molar-refractivity contribution in [2.24, 2.45) is 5.92 Å². The lowest BCUT2D eigenvalue weighted by Gasteiger charge is -2.00. The summed E-state index contributed by atoms with van der Waals surface area (Å²) in [4.78, 5) is 26.6. The highest BCUT2D eigenvalue weighted by Gasteiger charge is 2.30. The molecule has 0 saturated heterocycles. The molecule has 0 bridgehead atoms. The van der Waals surface area contributed by atoms with Crippen LogP contribution in [0.1, 0.15) is 33.7 Å². The minimum atomic E-state index is -0.486. The minimum Gasteiger partial charge on any atom is -0.464 e. The lowest BCUT2D eigenvalue weighted by atomic mass is 10.1. The molecule has 1 heterocycles. The molecule has 15 heavy (non-hydrogen) atoms. The lowest BCUT2D eigenvalue weighted by molar-refractivity contribution is 0.0593. The van der Waals surface area contributed by atoms with E-state index >= 15 is 0 Å². The number of methoxy groups -OCH3 is 1. The molecule has 78 valence electrons. The number of ketones is 1. The van der Waals surface area contributed by atoms with Crippen LogP contribution in [0.5, 0.6) is 0 Å². The van der Waals surface area contributed by atoms with Gasteiger partial charge >= 0.3 is 5.97 Å². The number of rotatable bonds is 3. The molecule has 4 heteroatoms. The van der Waals surface area contributed by atoms with Gasteiger partial charge in [-0.1, -0.05) is 0 Å². The normalized spacial score (nSPS) is 14.7. The highest BCUT2D eigenvalue weighted by molar-refractivity contribution is 5.99. The average molecular weight is 205 g/mol. The fourth-order valence-corrected chi connectivity index (χ4v) is 1.35. The number of carbonyl (C=O) groups is 2. The van der Waals surface area contributed by atoms with Crippen LogP contribution in [0.25, 0.3) is 0 Å². The molecule has 0 N–H and O–H groups in total. The van der Waals surface area contributed by atoms with Crippen molar-refractivity contribution in [2.45, 2.75) is 12.8 Å². The Morgan fingerprint density at radius 2 is 2.13 bits per heavy atom. The van der Waals surface area contributed by atoms with Gasteiger partial charge in [-0.25, -0.2) is 9.78 Å². The highest BCUT2D eigenvalue weighted by Crippen LogP contribution is 2.32. The standard InChI is InChI=1S/C11H11NO3/c1-15-11(14)9-5-4-8(6-12-9)10(13)7-2-3-7/h4-7H,2-3H2,1H3. The summed E-state index contributed by atoms with van der Waals surface area (Å²) in [6.45, 7) is 0. The van der Waals surface area contributed by atoms with Crippen LogP contribution in [0, 0.1) is 5.92 Å². The number of ether oxygens (including phenoxy) is 1. The zero-order valence-corrected chi connectivity index (χ0v) is 8.40. The quantitative estimate of drug-likeness (QED) is 0.553. The Kier molecular flexibility index (Phi) is 2.49. The fraction of sp³-hybridized carbons (Fsp3) is 0.364. The van der Waals surface area contributed by atoms with Crippen LogP contribution in [0.3, 0.4) is 0 Å². The van der Waals surface area contributed by atoms with Gasteiger partial charge in [-0.2, -0.15) is 0 Å². The van der Waals surface area contributed by atoms with Crippen molar-refractivity contribution in [1.82, 2.24) is 4.98 Å². The summed E-state index contributed by atoms with van der Waals surface area (Å²) in [6, 6.07) is 3.14. The third-order valence-corrected chi connectivity index (χ3v) is 2.39. The van der Waals surface area contributed by atoms with Gasteiger partial charge in [0.2, 0.25) is 0 Å². The highest BCUT2D eigenvalue weighted by atomic mass is 16.5. The van der Waals surface area contributed by atoms with E-state index in [1.54, 1.807) is 6.07 Å². The van der Waals surface area contributed by atoms with Gasteiger partial charge in [0.15, 0.2) is 5.78 Å². The molecule has 4 nitrogen and oxygen atoms in total. The zero-order valence-electron chi connectivity index (χ0n) is 8.40. The Balaban J connectivity index is 2.16. The van der Waals surface area contributed by atoms with Crippen molar-refractivity contribution < 1.29 is 14.3 Å². The van der Waals surface area contributed by atoms with E-state index in [9.17, 15) is 9.59 Å². The van der Waals surface area contributed by atoms with E-state index in [4.69, 9.17) is 0 Å². The van der Waals surface area contributed by atoms with Crippen LogP contribution < -0.4 is 0 Å². The van der Waals surface area contributed by atoms with E-state index < -0.39 is 5.97 Å². The summed E-state index contributed by atoms with van der Waals surface area (Å²) in [5.74, 6) is -0.185. The number of carbonyl (C=O) groups excluding carboxylic acids is 2. The molecule has 1 aromatic rings. The predicted molar refractivity (Wildman–Crippen MR) is 52.6 cm³/mol. The smallest absolute Gasteiger partial charge is 0.356 e. The molecule has 0 spiro atoms. The Morgan fingerprint density at radius 1 is 1.40 bits per heavy atom. The van der Waals surface area contributed by atoms with Crippen molar-refractivity contribution >= 4 is 11.8 Å². The topological polar surface area (TPSA) is 56.3 Å². The van der Waals surface area contributed by atoms with Gasteiger partial charge in [0.1, 0.15) is 5.69 Å². The minimum absolute atomic E-state index is 0.124. The average Bonchev–Trinajstić information content (AvgIpc) is 3.11. The molecule has 0 amide bonds. The van der Waals surface area contributed by atoms with Crippen molar-refractivity contribution in [3.63, 3.8) is 0 Å². The molecule has 0 atom stereocenters. The van der Waals surface area contributed by atoms with E-state index in [1.165, 1.54) is 19.4 Å². The number of aromatic nitrogens is 1. The second-order valence-corrected chi connectivity index (χ2v) is 3.56. The molecule has 0 radical (unpaired) electrons. The first-order valence-corrected chi connectivity index (χ1v) is 4.81. The van der Waals surface area contributed by atoms with E-state index in [2.05, 4.69) is 9.72 Å². The Morgan fingerprint density at radius 3 is 2.60 bits per heavy atom. The van der Waals surface area contributed by atoms with E-state index in [-0.39, 0.29) is 17.4 Å². The van der Waals surface area contributed by atoms with Crippen LogP contribution in [0.4, 0.5) is 0 Å². The van der Waals surface area contributed by atoms with E-state index in [0.29, 0.717) is 5.56 Å². The maximum Gasteiger partial charge on any atom is 0.356 e. The van der Waals surface area contributed by atoms with Gasteiger partial charge in [-0.05, 0) is 25.0 Å². The maximum absolute atomic E-state index is 11.6. The lowest BCUT2D eigenvalue weighted by Crippen LogP contribution is -2.07.